The van der Waals surface area contributed by atoms with E-state index in [1.807, 2.05) is 0 Å². The van der Waals surface area contributed by atoms with Crippen LogP contribution in [0, 0.1) is 6.92 Å². The molecule has 0 unspecified atom stereocenters. The summed E-state index contributed by atoms with van der Waals surface area (Å²) >= 11 is 0.916. The SMILES string of the molecule is Cc1nsc(Nc2cncc(C(F)(F)F)n2)c1C(=O)Nc1ccc(OCCN)nc1. The van der Waals surface area contributed by atoms with Gasteiger partial charge in [0.25, 0.3) is 5.91 Å². The number of pyridine rings is 1. The highest BCUT2D eigenvalue weighted by Crippen LogP contribution is 2.31. The topological polar surface area (TPSA) is 128 Å². The molecule has 0 aliphatic heterocycles. The van der Waals surface area contributed by atoms with Crippen molar-refractivity contribution in [3.8, 4) is 5.88 Å². The van der Waals surface area contributed by atoms with Crippen LogP contribution in [0.2, 0.25) is 0 Å². The largest absolute Gasteiger partial charge is 0.476 e. The summed E-state index contributed by atoms with van der Waals surface area (Å²) in [6.07, 6.45) is -1.49. The summed E-state index contributed by atoms with van der Waals surface area (Å²) in [7, 11) is 0. The van der Waals surface area contributed by atoms with Crippen LogP contribution in [0.1, 0.15) is 21.7 Å². The van der Waals surface area contributed by atoms with Crippen molar-refractivity contribution >= 4 is 33.9 Å². The van der Waals surface area contributed by atoms with E-state index in [1.165, 1.54) is 6.20 Å². The van der Waals surface area contributed by atoms with Crippen molar-refractivity contribution in [1.29, 1.82) is 0 Å². The molecule has 0 atom stereocenters. The maximum atomic E-state index is 12.8. The molecule has 3 heterocycles. The molecule has 3 aromatic rings. The first-order chi connectivity index (χ1) is 14.3. The molecule has 3 aromatic heterocycles. The Balaban J connectivity index is 1.76. The summed E-state index contributed by atoms with van der Waals surface area (Å²) in [5.74, 6) is -0.316. The number of ether oxygens (including phenoxy) is 1. The lowest BCUT2D eigenvalue weighted by atomic mass is 10.2. The molecule has 0 bridgehead atoms. The summed E-state index contributed by atoms with van der Waals surface area (Å²) < 4.78 is 47.9. The Bertz CT molecular complexity index is 1020. The van der Waals surface area contributed by atoms with Gasteiger partial charge in [-0.05, 0) is 24.5 Å². The molecule has 13 heteroatoms. The number of hydrogen-bond donors (Lipinski definition) is 3. The van der Waals surface area contributed by atoms with E-state index in [0.717, 1.165) is 17.7 Å². The second-order valence-corrected chi connectivity index (χ2v) is 6.63. The molecule has 0 aliphatic carbocycles. The Morgan fingerprint density at radius 2 is 2.07 bits per heavy atom. The van der Waals surface area contributed by atoms with Gasteiger partial charge in [0.1, 0.15) is 17.4 Å². The molecule has 0 saturated carbocycles. The zero-order valence-electron chi connectivity index (χ0n) is 15.5. The average molecular weight is 439 g/mol. The summed E-state index contributed by atoms with van der Waals surface area (Å²) in [6, 6.07) is 3.17. The van der Waals surface area contributed by atoms with E-state index in [0.29, 0.717) is 36.6 Å². The van der Waals surface area contributed by atoms with Gasteiger partial charge in [0.2, 0.25) is 5.88 Å². The second kappa shape index (κ2) is 9.00. The number of rotatable bonds is 7. The molecule has 4 N–H and O–H groups in total. The lowest BCUT2D eigenvalue weighted by molar-refractivity contribution is -0.141. The number of alkyl halides is 3. The van der Waals surface area contributed by atoms with Crippen LogP contribution < -0.4 is 21.1 Å². The average Bonchev–Trinajstić information content (AvgIpc) is 3.07. The van der Waals surface area contributed by atoms with Gasteiger partial charge in [-0.15, -0.1) is 0 Å². The zero-order valence-corrected chi connectivity index (χ0v) is 16.3. The van der Waals surface area contributed by atoms with Gasteiger partial charge in [0.05, 0.1) is 35.5 Å². The Hall–Kier alpha value is -3.32. The third-order valence-corrected chi connectivity index (χ3v) is 4.47. The van der Waals surface area contributed by atoms with Gasteiger partial charge in [-0.25, -0.2) is 9.97 Å². The number of aromatic nitrogens is 4. The predicted octanol–water partition coefficient (Wildman–Crippen LogP) is 2.99. The highest BCUT2D eigenvalue weighted by molar-refractivity contribution is 7.10. The summed E-state index contributed by atoms with van der Waals surface area (Å²) in [5.41, 5.74) is 5.17. The van der Waals surface area contributed by atoms with Crippen molar-refractivity contribution in [2.45, 2.75) is 13.1 Å². The third-order valence-electron chi connectivity index (χ3n) is 3.62. The van der Waals surface area contributed by atoms with Crippen molar-refractivity contribution in [2.75, 3.05) is 23.8 Å². The van der Waals surface area contributed by atoms with Crippen LogP contribution in [0.5, 0.6) is 5.88 Å². The number of aryl methyl sites for hydroxylation is 1. The van der Waals surface area contributed by atoms with Gasteiger partial charge in [-0.2, -0.15) is 17.5 Å². The molecule has 158 valence electrons. The molecule has 3 rings (SSSR count). The van der Waals surface area contributed by atoms with Crippen molar-refractivity contribution in [2.24, 2.45) is 5.73 Å². The third kappa shape index (κ3) is 5.18. The maximum Gasteiger partial charge on any atom is 0.434 e. The minimum Gasteiger partial charge on any atom is -0.476 e. The Morgan fingerprint density at radius 3 is 2.73 bits per heavy atom. The number of carbonyl (C=O) groups excluding carboxylic acids is 1. The van der Waals surface area contributed by atoms with E-state index < -0.39 is 17.8 Å². The Labute approximate surface area is 172 Å². The van der Waals surface area contributed by atoms with Gasteiger partial charge >= 0.3 is 6.18 Å². The highest BCUT2D eigenvalue weighted by Gasteiger charge is 2.33. The van der Waals surface area contributed by atoms with Crippen molar-refractivity contribution < 1.29 is 22.7 Å². The quantitative estimate of drug-likeness (QED) is 0.513. The van der Waals surface area contributed by atoms with E-state index in [1.54, 1.807) is 19.1 Å². The van der Waals surface area contributed by atoms with Gasteiger partial charge in [-0.3, -0.25) is 9.78 Å². The highest BCUT2D eigenvalue weighted by atomic mass is 32.1. The molecule has 9 nitrogen and oxygen atoms in total. The van der Waals surface area contributed by atoms with E-state index in [2.05, 4.69) is 30.0 Å². The van der Waals surface area contributed by atoms with Crippen molar-refractivity contribution in [3.05, 3.63) is 47.7 Å². The number of hydrogen-bond acceptors (Lipinski definition) is 9. The van der Waals surface area contributed by atoms with Crippen molar-refractivity contribution in [3.63, 3.8) is 0 Å². The fraction of sp³-hybridized carbons (Fsp3) is 0.235. The molecular weight excluding hydrogens is 423 g/mol. The smallest absolute Gasteiger partial charge is 0.434 e. The number of nitrogens with two attached hydrogens (primary N) is 1. The lowest BCUT2D eigenvalue weighted by Gasteiger charge is -2.10. The monoisotopic (exact) mass is 439 g/mol. The second-order valence-electron chi connectivity index (χ2n) is 5.86. The van der Waals surface area contributed by atoms with Crippen LogP contribution in [-0.2, 0) is 6.18 Å². The lowest BCUT2D eigenvalue weighted by Crippen LogP contribution is -2.15. The minimum absolute atomic E-state index is 0.161. The minimum atomic E-state index is -4.64. The van der Waals surface area contributed by atoms with E-state index in [4.69, 9.17) is 10.5 Å². The number of nitrogens with one attached hydrogen (secondary N) is 2. The van der Waals surface area contributed by atoms with Crippen LogP contribution in [0.15, 0.2) is 30.7 Å². The summed E-state index contributed by atoms with van der Waals surface area (Å²) in [6.45, 7) is 2.26. The maximum absolute atomic E-state index is 12.8. The molecule has 0 spiro atoms. The molecule has 0 radical (unpaired) electrons. The van der Waals surface area contributed by atoms with Crippen LogP contribution in [0.25, 0.3) is 0 Å². The van der Waals surface area contributed by atoms with Crippen LogP contribution in [0.3, 0.4) is 0 Å². The van der Waals surface area contributed by atoms with E-state index in [9.17, 15) is 18.0 Å². The molecular formula is C17H16F3N7O2S. The van der Waals surface area contributed by atoms with Gasteiger partial charge < -0.3 is 21.1 Å². The molecule has 0 aromatic carbocycles. The Kier molecular flexibility index (Phi) is 6.42. The number of anilines is 3. The van der Waals surface area contributed by atoms with Crippen LogP contribution >= 0.6 is 11.5 Å². The zero-order chi connectivity index (χ0) is 21.7. The molecule has 0 fully saturated rings. The van der Waals surface area contributed by atoms with Crippen LogP contribution in [0.4, 0.5) is 29.7 Å². The number of halogens is 3. The van der Waals surface area contributed by atoms with E-state index in [-0.39, 0.29) is 16.4 Å². The van der Waals surface area contributed by atoms with Crippen molar-refractivity contribution in [1.82, 2.24) is 19.3 Å². The first-order valence-electron chi connectivity index (χ1n) is 8.50. The normalized spacial score (nSPS) is 11.2. The number of amides is 1. The van der Waals surface area contributed by atoms with Gasteiger partial charge in [-0.1, -0.05) is 0 Å². The first-order valence-corrected chi connectivity index (χ1v) is 9.28. The predicted molar refractivity (Wildman–Crippen MR) is 104 cm³/mol. The molecule has 0 aliphatic rings. The fourth-order valence-electron chi connectivity index (χ4n) is 2.30. The summed E-state index contributed by atoms with van der Waals surface area (Å²) in [5, 5.41) is 5.57. The van der Waals surface area contributed by atoms with E-state index >= 15 is 0 Å². The van der Waals surface area contributed by atoms with Gasteiger partial charge in [0, 0.05) is 12.6 Å². The molecule has 30 heavy (non-hydrogen) atoms. The Morgan fingerprint density at radius 1 is 1.27 bits per heavy atom. The summed E-state index contributed by atoms with van der Waals surface area (Å²) in [4.78, 5) is 23.8. The fourth-order valence-corrected chi connectivity index (χ4v) is 3.10. The first kappa shape index (κ1) is 21.4. The molecule has 1 amide bonds. The van der Waals surface area contributed by atoms with Crippen LogP contribution in [-0.4, -0.2) is 38.4 Å². The number of nitrogens with zero attached hydrogens (tertiary/aromatic N) is 4. The number of carbonyl (C=O) groups is 1. The van der Waals surface area contributed by atoms with Gasteiger partial charge in [0.15, 0.2) is 5.69 Å². The standard InChI is InChI=1S/C17H16F3N7O2S/c1-9-14(15(28)24-10-2-3-13(23-6-10)29-5-4-21)16(30-27-9)26-12-8-22-7-11(25-12)17(18,19)20/h2-3,6-8H,4-5,21H2,1H3,(H,24,28)(H,25,26). The molecule has 0 saturated heterocycles.